The van der Waals surface area contributed by atoms with Gasteiger partial charge >= 0.3 is 0 Å². The van der Waals surface area contributed by atoms with Crippen LogP contribution in [0.3, 0.4) is 0 Å². The number of aromatic nitrogens is 2. The lowest BCUT2D eigenvalue weighted by atomic mass is 9.71. The number of nitrogens with zero attached hydrogens (tertiary/aromatic N) is 1. The monoisotopic (exact) mass is 409 g/mol. The number of nitrogens with one attached hydrogen (secondary N) is 2. The number of rotatable bonds is 6. The standard InChI is InChI=1S/C28H31N3/c1-29-28(23-7-3-2-4-8-23)17-13-22(14-18-28)27-25(12-11-21-15-19-30-20-16-21)24-9-5-6-10-26(24)31-27/h2-10,15-16,19-20,22,29,31H,11-14,17-18H2,1H3. The summed E-state index contributed by atoms with van der Waals surface area (Å²) in [5.41, 5.74) is 7.12. The molecule has 5 rings (SSSR count). The molecular weight excluding hydrogens is 378 g/mol. The molecule has 1 aliphatic carbocycles. The minimum absolute atomic E-state index is 0.0982. The van der Waals surface area contributed by atoms with Gasteiger partial charge in [-0.1, -0.05) is 48.5 Å². The highest BCUT2D eigenvalue weighted by Gasteiger charge is 2.36. The summed E-state index contributed by atoms with van der Waals surface area (Å²) in [7, 11) is 2.12. The van der Waals surface area contributed by atoms with Gasteiger partial charge in [0.05, 0.1) is 0 Å². The zero-order valence-electron chi connectivity index (χ0n) is 18.3. The van der Waals surface area contributed by atoms with Gasteiger partial charge in [-0.25, -0.2) is 0 Å². The van der Waals surface area contributed by atoms with Crippen molar-refractivity contribution in [2.75, 3.05) is 7.05 Å². The summed E-state index contributed by atoms with van der Waals surface area (Å²) in [6.45, 7) is 0. The Morgan fingerprint density at radius 1 is 0.903 bits per heavy atom. The van der Waals surface area contributed by atoms with E-state index in [1.54, 1.807) is 0 Å². The van der Waals surface area contributed by atoms with Crippen LogP contribution < -0.4 is 5.32 Å². The van der Waals surface area contributed by atoms with Crippen molar-refractivity contribution in [3.05, 3.63) is 102 Å². The zero-order valence-corrected chi connectivity index (χ0v) is 18.3. The van der Waals surface area contributed by atoms with Crippen LogP contribution >= 0.6 is 0 Å². The number of fused-ring (bicyclic) bond motifs is 1. The van der Waals surface area contributed by atoms with E-state index in [9.17, 15) is 0 Å². The molecular formula is C28H31N3. The molecule has 1 fully saturated rings. The van der Waals surface area contributed by atoms with E-state index >= 15 is 0 Å². The van der Waals surface area contributed by atoms with Gasteiger partial charge in [0, 0.05) is 34.5 Å². The molecule has 0 unspecified atom stereocenters. The van der Waals surface area contributed by atoms with E-state index in [0.29, 0.717) is 5.92 Å². The molecule has 158 valence electrons. The number of pyridine rings is 1. The van der Waals surface area contributed by atoms with Crippen LogP contribution in [0.4, 0.5) is 0 Å². The van der Waals surface area contributed by atoms with Gasteiger partial charge in [-0.05, 0) is 86.4 Å². The Morgan fingerprint density at radius 2 is 1.61 bits per heavy atom. The van der Waals surface area contributed by atoms with Crippen molar-refractivity contribution in [3.63, 3.8) is 0 Å². The summed E-state index contributed by atoms with van der Waals surface area (Å²) in [4.78, 5) is 7.99. The van der Waals surface area contributed by atoms with Gasteiger partial charge in [0.25, 0.3) is 0 Å². The number of aromatic amines is 1. The van der Waals surface area contributed by atoms with Crippen molar-refractivity contribution >= 4 is 10.9 Å². The van der Waals surface area contributed by atoms with Gasteiger partial charge < -0.3 is 10.3 Å². The van der Waals surface area contributed by atoms with Gasteiger partial charge in [0.1, 0.15) is 0 Å². The normalized spacial score (nSPS) is 21.4. The van der Waals surface area contributed by atoms with Crippen LogP contribution in [-0.4, -0.2) is 17.0 Å². The number of hydrogen-bond donors (Lipinski definition) is 2. The predicted octanol–water partition coefficient (Wildman–Crippen LogP) is 6.12. The van der Waals surface area contributed by atoms with E-state index in [1.165, 1.54) is 46.1 Å². The quantitative estimate of drug-likeness (QED) is 0.403. The molecule has 2 heterocycles. The van der Waals surface area contributed by atoms with Crippen LogP contribution in [0.2, 0.25) is 0 Å². The summed E-state index contributed by atoms with van der Waals surface area (Å²) < 4.78 is 0. The highest BCUT2D eigenvalue weighted by Crippen LogP contribution is 2.44. The van der Waals surface area contributed by atoms with Crippen LogP contribution in [-0.2, 0) is 18.4 Å². The summed E-state index contributed by atoms with van der Waals surface area (Å²) in [5.74, 6) is 0.588. The van der Waals surface area contributed by atoms with E-state index in [4.69, 9.17) is 0 Å². The van der Waals surface area contributed by atoms with Crippen LogP contribution in [0.5, 0.6) is 0 Å². The van der Waals surface area contributed by atoms with Crippen LogP contribution in [0.15, 0.2) is 79.1 Å². The average molecular weight is 410 g/mol. The molecule has 2 N–H and O–H groups in total. The highest BCUT2D eigenvalue weighted by molar-refractivity contribution is 5.85. The lowest BCUT2D eigenvalue weighted by molar-refractivity contribution is 0.229. The SMILES string of the molecule is CNC1(c2ccccc2)CCC(c2[nH]c3ccccc3c2CCc2ccncc2)CC1. The van der Waals surface area contributed by atoms with Gasteiger partial charge in [0.15, 0.2) is 0 Å². The first-order chi connectivity index (χ1) is 15.3. The molecule has 1 saturated carbocycles. The van der Waals surface area contributed by atoms with E-state index < -0.39 is 0 Å². The number of para-hydroxylation sites is 1. The van der Waals surface area contributed by atoms with Gasteiger partial charge in [-0.15, -0.1) is 0 Å². The molecule has 4 aromatic rings. The molecule has 2 aromatic carbocycles. The third kappa shape index (κ3) is 3.90. The Labute approximate surface area is 184 Å². The molecule has 2 aromatic heterocycles. The molecule has 0 radical (unpaired) electrons. The summed E-state index contributed by atoms with van der Waals surface area (Å²) in [6.07, 6.45) is 10.6. The predicted molar refractivity (Wildman–Crippen MR) is 128 cm³/mol. The highest BCUT2D eigenvalue weighted by atomic mass is 14.9. The van der Waals surface area contributed by atoms with Crippen molar-refractivity contribution in [3.8, 4) is 0 Å². The van der Waals surface area contributed by atoms with Gasteiger partial charge in [0.2, 0.25) is 0 Å². The molecule has 3 heteroatoms. The second-order valence-electron chi connectivity index (χ2n) is 8.89. The van der Waals surface area contributed by atoms with Gasteiger partial charge in [-0.3, -0.25) is 4.98 Å². The van der Waals surface area contributed by atoms with Crippen molar-refractivity contribution in [2.24, 2.45) is 0 Å². The maximum Gasteiger partial charge on any atom is 0.0459 e. The molecule has 31 heavy (non-hydrogen) atoms. The largest absolute Gasteiger partial charge is 0.358 e. The fourth-order valence-electron chi connectivity index (χ4n) is 5.50. The molecule has 3 nitrogen and oxygen atoms in total. The lowest BCUT2D eigenvalue weighted by Crippen LogP contribution is -2.43. The number of benzene rings is 2. The Kier molecular flexibility index (Phi) is 5.61. The molecule has 0 aliphatic heterocycles. The molecule has 0 bridgehead atoms. The van der Waals surface area contributed by atoms with E-state index in [1.807, 2.05) is 12.4 Å². The van der Waals surface area contributed by atoms with Crippen LogP contribution in [0.25, 0.3) is 10.9 Å². The fourth-order valence-corrected chi connectivity index (χ4v) is 5.50. The molecule has 1 aliphatic rings. The van der Waals surface area contributed by atoms with Crippen molar-refractivity contribution in [2.45, 2.75) is 50.0 Å². The van der Waals surface area contributed by atoms with E-state index in [2.05, 4.69) is 89.1 Å². The summed E-state index contributed by atoms with van der Waals surface area (Å²) >= 11 is 0. The van der Waals surface area contributed by atoms with Gasteiger partial charge in [-0.2, -0.15) is 0 Å². The van der Waals surface area contributed by atoms with E-state index in [0.717, 1.165) is 25.7 Å². The third-order valence-corrected chi connectivity index (χ3v) is 7.31. The third-order valence-electron chi connectivity index (χ3n) is 7.31. The fraction of sp³-hybridized carbons (Fsp3) is 0.321. The second-order valence-corrected chi connectivity index (χ2v) is 8.89. The first kappa shape index (κ1) is 20.0. The smallest absolute Gasteiger partial charge is 0.0459 e. The Morgan fingerprint density at radius 3 is 2.35 bits per heavy atom. The lowest BCUT2D eigenvalue weighted by Gasteiger charge is -2.41. The van der Waals surface area contributed by atoms with Crippen molar-refractivity contribution < 1.29 is 0 Å². The average Bonchev–Trinajstić information content (AvgIpc) is 3.22. The van der Waals surface area contributed by atoms with Crippen molar-refractivity contribution in [1.29, 1.82) is 0 Å². The minimum Gasteiger partial charge on any atom is -0.358 e. The molecule has 0 atom stereocenters. The Bertz CT molecular complexity index is 1120. The Balaban J connectivity index is 1.41. The summed E-state index contributed by atoms with van der Waals surface area (Å²) in [5, 5.41) is 5.07. The first-order valence-electron chi connectivity index (χ1n) is 11.5. The van der Waals surface area contributed by atoms with Crippen LogP contribution in [0, 0.1) is 0 Å². The second kappa shape index (κ2) is 8.68. The maximum atomic E-state index is 4.17. The van der Waals surface area contributed by atoms with Crippen LogP contribution in [0.1, 0.15) is 54.0 Å². The number of aryl methyl sites for hydroxylation is 2. The maximum absolute atomic E-state index is 4.17. The summed E-state index contributed by atoms with van der Waals surface area (Å²) in [6, 6.07) is 24.1. The minimum atomic E-state index is 0.0982. The topological polar surface area (TPSA) is 40.7 Å². The zero-order chi connectivity index (χ0) is 21.1. The number of H-pyrrole nitrogens is 1. The molecule has 0 spiro atoms. The first-order valence-corrected chi connectivity index (χ1v) is 11.5. The molecule has 0 amide bonds. The van der Waals surface area contributed by atoms with Crippen molar-refractivity contribution in [1.82, 2.24) is 15.3 Å². The molecule has 0 saturated heterocycles. The Hall–Kier alpha value is -2.91. The number of hydrogen-bond acceptors (Lipinski definition) is 2. The van der Waals surface area contributed by atoms with E-state index in [-0.39, 0.29) is 5.54 Å².